The lowest BCUT2D eigenvalue weighted by molar-refractivity contribution is 0.136. The highest BCUT2D eigenvalue weighted by Crippen LogP contribution is 2.38. The quantitative estimate of drug-likeness (QED) is 0.917. The first kappa shape index (κ1) is 14.7. The molecule has 1 N–H and O–H groups in total. The molecule has 2 unspecified atom stereocenters. The molecule has 1 aliphatic rings. The van der Waals surface area contributed by atoms with Crippen molar-refractivity contribution in [3.63, 3.8) is 0 Å². The Morgan fingerprint density at radius 2 is 2.19 bits per heavy atom. The molecule has 0 bridgehead atoms. The summed E-state index contributed by atoms with van der Waals surface area (Å²) in [4.78, 5) is 6.41. The first-order valence-corrected chi connectivity index (χ1v) is 8.37. The fourth-order valence-corrected chi connectivity index (χ4v) is 4.39. The van der Waals surface area contributed by atoms with Crippen molar-refractivity contribution in [3.05, 3.63) is 51.5 Å². The van der Waals surface area contributed by atoms with Crippen LogP contribution in [-0.2, 0) is 11.2 Å². The smallest absolute Gasteiger partial charge is 0.134 e. The Bertz CT molecular complexity index is 582. The third-order valence-electron chi connectivity index (χ3n) is 4.10. The topological polar surface area (TPSA) is 34.1 Å². The summed E-state index contributed by atoms with van der Waals surface area (Å²) >= 11 is 1.83. The molecule has 0 fully saturated rings. The Labute approximate surface area is 130 Å². The number of hydrogen-bond acceptors (Lipinski definition) is 4. The summed E-state index contributed by atoms with van der Waals surface area (Å²) in [6.07, 6.45) is 3.62. The Morgan fingerprint density at radius 3 is 2.90 bits per heavy atom. The number of ether oxygens (including phenoxy) is 1. The van der Waals surface area contributed by atoms with E-state index in [4.69, 9.17) is 9.72 Å². The van der Waals surface area contributed by atoms with Crippen molar-refractivity contribution in [2.24, 2.45) is 0 Å². The second-order valence-corrected chi connectivity index (χ2v) is 6.65. The third kappa shape index (κ3) is 3.03. The van der Waals surface area contributed by atoms with Gasteiger partial charge >= 0.3 is 0 Å². The van der Waals surface area contributed by atoms with E-state index in [0.717, 1.165) is 11.6 Å². The minimum atomic E-state index is -0.0444. The minimum Gasteiger partial charge on any atom is -0.370 e. The van der Waals surface area contributed by atoms with Crippen LogP contribution < -0.4 is 5.32 Å². The average molecular weight is 302 g/mol. The fourth-order valence-electron chi connectivity index (χ4n) is 3.09. The molecule has 1 heterocycles. The van der Waals surface area contributed by atoms with Gasteiger partial charge in [0.15, 0.2) is 0 Å². The van der Waals surface area contributed by atoms with Gasteiger partial charge in [0, 0.05) is 24.4 Å². The van der Waals surface area contributed by atoms with Crippen LogP contribution in [0.3, 0.4) is 0 Å². The average Bonchev–Trinajstić information content (AvgIpc) is 2.94. The molecule has 4 heteroatoms. The SMILES string of the molecule is CNCC1CCCc2sc(C(OC)c3ccccc3)nc21. The zero-order valence-electron chi connectivity index (χ0n) is 12.6. The highest BCUT2D eigenvalue weighted by Gasteiger charge is 2.27. The van der Waals surface area contributed by atoms with E-state index in [2.05, 4.69) is 29.6 Å². The maximum atomic E-state index is 5.73. The Balaban J connectivity index is 1.92. The van der Waals surface area contributed by atoms with E-state index in [1.54, 1.807) is 7.11 Å². The number of hydrogen-bond donors (Lipinski definition) is 1. The Kier molecular flexibility index (Phi) is 4.68. The number of methoxy groups -OCH3 is 1. The summed E-state index contributed by atoms with van der Waals surface area (Å²) in [7, 11) is 3.78. The molecule has 1 aromatic heterocycles. The highest BCUT2D eigenvalue weighted by molar-refractivity contribution is 7.11. The molecule has 112 valence electrons. The molecule has 0 spiro atoms. The van der Waals surface area contributed by atoms with Crippen LogP contribution in [0.2, 0.25) is 0 Å². The summed E-state index contributed by atoms with van der Waals surface area (Å²) in [6.45, 7) is 1.01. The number of rotatable bonds is 5. The van der Waals surface area contributed by atoms with E-state index < -0.39 is 0 Å². The third-order valence-corrected chi connectivity index (χ3v) is 5.27. The first-order valence-electron chi connectivity index (χ1n) is 7.55. The molecule has 0 saturated heterocycles. The van der Waals surface area contributed by atoms with Crippen LogP contribution in [0, 0.1) is 0 Å². The zero-order valence-corrected chi connectivity index (χ0v) is 13.5. The number of fused-ring (bicyclic) bond motifs is 1. The van der Waals surface area contributed by atoms with Crippen molar-refractivity contribution in [1.82, 2.24) is 10.3 Å². The van der Waals surface area contributed by atoms with Crippen molar-refractivity contribution < 1.29 is 4.74 Å². The number of aromatic nitrogens is 1. The lowest BCUT2D eigenvalue weighted by Crippen LogP contribution is -2.21. The first-order chi connectivity index (χ1) is 10.3. The largest absolute Gasteiger partial charge is 0.370 e. The van der Waals surface area contributed by atoms with Gasteiger partial charge in [0.2, 0.25) is 0 Å². The molecule has 1 aliphatic carbocycles. The molecule has 1 aromatic carbocycles. The minimum absolute atomic E-state index is 0.0444. The van der Waals surface area contributed by atoms with Crippen LogP contribution in [0.5, 0.6) is 0 Å². The van der Waals surface area contributed by atoms with Crippen molar-refractivity contribution in [1.29, 1.82) is 0 Å². The Hall–Kier alpha value is -1.23. The number of benzene rings is 1. The van der Waals surface area contributed by atoms with Gasteiger partial charge in [-0.3, -0.25) is 0 Å². The molecule has 0 amide bonds. The van der Waals surface area contributed by atoms with E-state index in [9.17, 15) is 0 Å². The maximum Gasteiger partial charge on any atom is 0.134 e. The monoisotopic (exact) mass is 302 g/mol. The van der Waals surface area contributed by atoms with Crippen LogP contribution in [0.15, 0.2) is 30.3 Å². The highest BCUT2D eigenvalue weighted by atomic mass is 32.1. The normalized spacial score (nSPS) is 19.2. The van der Waals surface area contributed by atoms with Crippen LogP contribution >= 0.6 is 11.3 Å². The lowest BCUT2D eigenvalue weighted by Gasteiger charge is -2.20. The van der Waals surface area contributed by atoms with E-state index in [-0.39, 0.29) is 6.10 Å². The van der Waals surface area contributed by atoms with Crippen LogP contribution in [0.1, 0.15) is 46.0 Å². The number of nitrogens with zero attached hydrogens (tertiary/aromatic N) is 1. The molecular weight excluding hydrogens is 280 g/mol. The molecular formula is C17H22N2OS. The number of nitrogens with one attached hydrogen (secondary N) is 1. The van der Waals surface area contributed by atoms with Crippen LogP contribution in [0.4, 0.5) is 0 Å². The van der Waals surface area contributed by atoms with Crippen LogP contribution in [0.25, 0.3) is 0 Å². The van der Waals surface area contributed by atoms with Gasteiger partial charge in [-0.1, -0.05) is 30.3 Å². The number of thiazole rings is 1. The van der Waals surface area contributed by atoms with E-state index in [1.807, 2.05) is 24.5 Å². The van der Waals surface area contributed by atoms with Gasteiger partial charge < -0.3 is 10.1 Å². The summed E-state index contributed by atoms with van der Waals surface area (Å²) < 4.78 is 5.73. The predicted molar refractivity (Wildman–Crippen MR) is 87.0 cm³/mol. The summed E-state index contributed by atoms with van der Waals surface area (Å²) in [5.41, 5.74) is 2.48. The second kappa shape index (κ2) is 6.69. The number of aryl methyl sites for hydroxylation is 1. The molecule has 0 saturated carbocycles. The van der Waals surface area contributed by atoms with E-state index in [0.29, 0.717) is 5.92 Å². The molecule has 2 aromatic rings. The van der Waals surface area contributed by atoms with Crippen molar-refractivity contribution in [2.45, 2.75) is 31.3 Å². The molecule has 3 nitrogen and oxygen atoms in total. The Morgan fingerprint density at radius 1 is 1.38 bits per heavy atom. The van der Waals surface area contributed by atoms with Gasteiger partial charge in [-0.05, 0) is 31.9 Å². The summed E-state index contributed by atoms with van der Waals surface area (Å²) in [6, 6.07) is 10.4. The molecule has 2 atom stereocenters. The van der Waals surface area contributed by atoms with Crippen molar-refractivity contribution in [3.8, 4) is 0 Å². The van der Waals surface area contributed by atoms with Gasteiger partial charge in [-0.25, -0.2) is 4.98 Å². The van der Waals surface area contributed by atoms with E-state index >= 15 is 0 Å². The van der Waals surface area contributed by atoms with Gasteiger partial charge in [0.05, 0.1) is 5.69 Å². The van der Waals surface area contributed by atoms with Crippen LogP contribution in [-0.4, -0.2) is 25.7 Å². The zero-order chi connectivity index (χ0) is 14.7. The molecule has 0 aliphatic heterocycles. The standard InChI is InChI=1S/C17H22N2OS/c1-18-11-13-9-6-10-14-15(13)19-17(21-14)16(20-2)12-7-4-3-5-8-12/h3-5,7-8,13,16,18H,6,9-11H2,1-2H3. The fraction of sp³-hybridized carbons (Fsp3) is 0.471. The lowest BCUT2D eigenvalue weighted by atomic mass is 9.91. The maximum absolute atomic E-state index is 5.73. The van der Waals surface area contributed by atoms with Crippen molar-refractivity contribution >= 4 is 11.3 Å². The summed E-state index contributed by atoms with van der Waals surface area (Å²) in [5.74, 6) is 0.553. The molecule has 21 heavy (non-hydrogen) atoms. The number of likely N-dealkylation sites (N-methyl/N-ethyl adjacent to an activating group) is 1. The van der Waals surface area contributed by atoms with Gasteiger partial charge in [0.1, 0.15) is 11.1 Å². The molecule has 3 rings (SSSR count). The van der Waals surface area contributed by atoms with E-state index in [1.165, 1.54) is 35.4 Å². The van der Waals surface area contributed by atoms with Gasteiger partial charge in [-0.15, -0.1) is 11.3 Å². The molecule has 0 radical (unpaired) electrons. The second-order valence-electron chi connectivity index (χ2n) is 5.53. The van der Waals surface area contributed by atoms with Crippen molar-refractivity contribution in [2.75, 3.05) is 20.7 Å². The summed E-state index contributed by atoms with van der Waals surface area (Å²) in [5, 5.41) is 4.39. The van der Waals surface area contributed by atoms with Gasteiger partial charge in [0.25, 0.3) is 0 Å². The predicted octanol–water partition coefficient (Wildman–Crippen LogP) is 3.52. The van der Waals surface area contributed by atoms with Gasteiger partial charge in [-0.2, -0.15) is 0 Å².